The smallest absolute Gasteiger partial charge is 0.335 e. The molecule has 0 unspecified atom stereocenters. The third kappa shape index (κ3) is 2.51. The summed E-state index contributed by atoms with van der Waals surface area (Å²) in [6.45, 7) is 0. The number of aromatic nitrogens is 2. The predicted octanol–water partition coefficient (Wildman–Crippen LogP) is 4.27. The second-order valence-electron chi connectivity index (χ2n) is 6.06. The largest absolute Gasteiger partial charge is 0.478 e. The molecule has 6 heteroatoms. The molecule has 2 heterocycles. The number of benzene rings is 1. The number of hydrogen-bond donors (Lipinski definition) is 2. The van der Waals surface area contributed by atoms with E-state index in [0.29, 0.717) is 16.6 Å². The van der Waals surface area contributed by atoms with Crippen molar-refractivity contribution in [2.24, 2.45) is 0 Å². The van der Waals surface area contributed by atoms with Gasteiger partial charge in [0.25, 0.3) is 0 Å². The van der Waals surface area contributed by atoms with Crippen LogP contribution >= 0.6 is 11.6 Å². The second kappa shape index (κ2) is 5.53. The van der Waals surface area contributed by atoms with Gasteiger partial charge in [-0.05, 0) is 54.7 Å². The summed E-state index contributed by atoms with van der Waals surface area (Å²) in [6, 6.07) is 9.17. The Balaban J connectivity index is 1.91. The van der Waals surface area contributed by atoms with Gasteiger partial charge in [-0.3, -0.25) is 4.40 Å². The molecule has 0 aliphatic heterocycles. The van der Waals surface area contributed by atoms with Crippen molar-refractivity contribution in [3.8, 4) is 11.3 Å². The quantitative estimate of drug-likeness (QED) is 0.743. The second-order valence-corrected chi connectivity index (χ2v) is 6.49. The molecule has 2 aromatic heterocycles. The van der Waals surface area contributed by atoms with E-state index in [1.807, 2.05) is 23.6 Å². The van der Waals surface area contributed by atoms with E-state index in [1.165, 1.54) is 18.4 Å². The maximum atomic E-state index is 11.2. The summed E-state index contributed by atoms with van der Waals surface area (Å²) >= 11 is 6.30. The first-order valence-corrected chi connectivity index (χ1v) is 8.18. The monoisotopic (exact) mass is 341 g/mol. The van der Waals surface area contributed by atoms with Crippen LogP contribution in [0.4, 0.5) is 5.82 Å². The zero-order valence-corrected chi connectivity index (χ0v) is 13.8. The number of nitrogens with zero attached hydrogens (tertiary/aromatic N) is 2. The summed E-state index contributed by atoms with van der Waals surface area (Å²) < 4.78 is 1.85. The van der Waals surface area contributed by atoms with E-state index in [9.17, 15) is 4.79 Å². The Morgan fingerprint density at radius 1 is 1.33 bits per heavy atom. The molecular weight excluding hydrogens is 326 g/mol. The molecule has 0 bridgehead atoms. The molecule has 1 aliphatic rings. The lowest BCUT2D eigenvalue weighted by atomic mass is 10.0. The standard InChI is InChI=1S/C18H16ClN3O2/c1-20-17-16(13-6-12(10-2-3-10)7-14(19)8-13)21-15-9-11(18(23)24)4-5-22(15)17/h4-10,20H,2-3H2,1H3,(H,23,24). The average Bonchev–Trinajstić information content (AvgIpc) is 3.34. The fourth-order valence-electron chi connectivity index (χ4n) is 3.02. The molecular formula is C18H16ClN3O2. The average molecular weight is 342 g/mol. The van der Waals surface area contributed by atoms with Crippen molar-refractivity contribution < 1.29 is 9.90 Å². The molecule has 0 atom stereocenters. The first-order valence-electron chi connectivity index (χ1n) is 7.81. The molecule has 1 saturated carbocycles. The number of hydrogen-bond acceptors (Lipinski definition) is 3. The number of rotatable bonds is 4. The Hall–Kier alpha value is -2.53. The topological polar surface area (TPSA) is 66.6 Å². The number of carboxylic acids is 1. The van der Waals surface area contributed by atoms with Gasteiger partial charge in [0.15, 0.2) is 0 Å². The highest BCUT2D eigenvalue weighted by Crippen LogP contribution is 2.43. The van der Waals surface area contributed by atoms with E-state index in [-0.39, 0.29) is 5.56 Å². The van der Waals surface area contributed by atoms with Crippen LogP contribution in [0.3, 0.4) is 0 Å². The van der Waals surface area contributed by atoms with Crippen LogP contribution in [0.1, 0.15) is 34.7 Å². The van der Waals surface area contributed by atoms with Crippen molar-refractivity contribution in [1.82, 2.24) is 9.38 Å². The lowest BCUT2D eigenvalue weighted by Crippen LogP contribution is -1.99. The summed E-state index contributed by atoms with van der Waals surface area (Å²) in [7, 11) is 1.82. The zero-order valence-electron chi connectivity index (χ0n) is 13.1. The van der Waals surface area contributed by atoms with Gasteiger partial charge in [-0.15, -0.1) is 0 Å². The van der Waals surface area contributed by atoms with Crippen LogP contribution in [0.25, 0.3) is 16.9 Å². The highest BCUT2D eigenvalue weighted by Gasteiger charge is 2.25. The molecule has 3 aromatic rings. The van der Waals surface area contributed by atoms with Crippen LogP contribution in [0.2, 0.25) is 5.02 Å². The van der Waals surface area contributed by atoms with Crippen LogP contribution in [-0.2, 0) is 0 Å². The molecule has 2 N–H and O–H groups in total. The number of imidazole rings is 1. The Bertz CT molecular complexity index is 960. The number of nitrogens with one attached hydrogen (secondary N) is 1. The molecule has 24 heavy (non-hydrogen) atoms. The van der Waals surface area contributed by atoms with Crippen molar-refractivity contribution in [3.63, 3.8) is 0 Å². The third-order valence-corrected chi connectivity index (χ3v) is 4.57. The maximum absolute atomic E-state index is 11.2. The van der Waals surface area contributed by atoms with E-state index >= 15 is 0 Å². The molecule has 0 amide bonds. The Labute approximate surface area is 143 Å². The van der Waals surface area contributed by atoms with E-state index in [0.717, 1.165) is 17.1 Å². The van der Waals surface area contributed by atoms with Gasteiger partial charge in [-0.2, -0.15) is 0 Å². The molecule has 0 radical (unpaired) electrons. The number of fused-ring (bicyclic) bond motifs is 1. The molecule has 1 aromatic carbocycles. The molecule has 5 nitrogen and oxygen atoms in total. The van der Waals surface area contributed by atoms with E-state index in [4.69, 9.17) is 16.7 Å². The van der Waals surface area contributed by atoms with Gasteiger partial charge >= 0.3 is 5.97 Å². The molecule has 1 aliphatic carbocycles. The SMILES string of the molecule is CNc1c(-c2cc(Cl)cc(C3CC3)c2)nc2cc(C(=O)O)ccn12. The number of halogens is 1. The van der Waals surface area contributed by atoms with E-state index in [2.05, 4.69) is 16.4 Å². The van der Waals surface area contributed by atoms with Crippen molar-refractivity contribution in [1.29, 1.82) is 0 Å². The number of pyridine rings is 1. The van der Waals surface area contributed by atoms with Gasteiger partial charge in [0.1, 0.15) is 17.2 Å². The highest BCUT2D eigenvalue weighted by molar-refractivity contribution is 6.31. The Morgan fingerprint density at radius 2 is 2.12 bits per heavy atom. The number of carbonyl (C=O) groups is 1. The Morgan fingerprint density at radius 3 is 2.79 bits per heavy atom. The molecule has 0 spiro atoms. The number of anilines is 1. The van der Waals surface area contributed by atoms with Crippen LogP contribution in [0.5, 0.6) is 0 Å². The van der Waals surface area contributed by atoms with Crippen molar-refractivity contribution in [3.05, 3.63) is 52.7 Å². The van der Waals surface area contributed by atoms with Gasteiger partial charge < -0.3 is 10.4 Å². The minimum atomic E-state index is -0.966. The van der Waals surface area contributed by atoms with Gasteiger partial charge in [0, 0.05) is 23.8 Å². The number of carboxylic acid groups (broad SMARTS) is 1. The summed E-state index contributed by atoms with van der Waals surface area (Å²) in [5.41, 5.74) is 3.75. The first kappa shape index (κ1) is 15.0. The van der Waals surface area contributed by atoms with Crippen LogP contribution in [-0.4, -0.2) is 27.5 Å². The molecule has 0 saturated heterocycles. The third-order valence-electron chi connectivity index (χ3n) is 4.35. The van der Waals surface area contributed by atoms with Crippen LogP contribution in [0.15, 0.2) is 36.5 Å². The summed E-state index contributed by atoms with van der Waals surface area (Å²) in [4.78, 5) is 15.8. The lowest BCUT2D eigenvalue weighted by Gasteiger charge is -2.07. The van der Waals surface area contributed by atoms with Gasteiger partial charge in [0.2, 0.25) is 0 Å². The summed E-state index contributed by atoms with van der Waals surface area (Å²) in [5.74, 6) is 0.439. The maximum Gasteiger partial charge on any atom is 0.335 e. The predicted molar refractivity (Wildman–Crippen MR) is 94.1 cm³/mol. The van der Waals surface area contributed by atoms with Crippen LogP contribution in [0, 0.1) is 0 Å². The minimum Gasteiger partial charge on any atom is -0.478 e. The number of aromatic carboxylic acids is 1. The first-order chi connectivity index (χ1) is 11.6. The van der Waals surface area contributed by atoms with Crippen molar-refractivity contribution in [2.45, 2.75) is 18.8 Å². The van der Waals surface area contributed by atoms with Gasteiger partial charge in [-0.1, -0.05) is 11.6 Å². The zero-order chi connectivity index (χ0) is 16.8. The lowest BCUT2D eigenvalue weighted by molar-refractivity contribution is 0.0697. The fraction of sp³-hybridized carbons (Fsp3) is 0.222. The summed E-state index contributed by atoms with van der Waals surface area (Å²) in [5, 5.41) is 13.0. The van der Waals surface area contributed by atoms with E-state index < -0.39 is 5.97 Å². The molecule has 4 rings (SSSR count). The van der Waals surface area contributed by atoms with E-state index in [1.54, 1.807) is 18.3 Å². The normalized spacial score (nSPS) is 14.1. The highest BCUT2D eigenvalue weighted by atomic mass is 35.5. The van der Waals surface area contributed by atoms with Crippen LogP contribution < -0.4 is 5.32 Å². The Kier molecular flexibility index (Phi) is 3.46. The summed E-state index contributed by atoms with van der Waals surface area (Å²) in [6.07, 6.45) is 4.12. The van der Waals surface area contributed by atoms with Gasteiger partial charge in [0.05, 0.1) is 5.56 Å². The van der Waals surface area contributed by atoms with Gasteiger partial charge in [-0.25, -0.2) is 9.78 Å². The molecule has 122 valence electrons. The van der Waals surface area contributed by atoms with Crippen molar-refractivity contribution >= 4 is 29.0 Å². The molecule has 1 fully saturated rings. The van der Waals surface area contributed by atoms with Crippen molar-refractivity contribution in [2.75, 3.05) is 12.4 Å². The fourth-order valence-corrected chi connectivity index (χ4v) is 3.26. The minimum absolute atomic E-state index is 0.214.